The van der Waals surface area contributed by atoms with Crippen molar-refractivity contribution in [2.45, 2.75) is 78.1 Å². The summed E-state index contributed by atoms with van der Waals surface area (Å²) in [6.07, 6.45) is 12.3. The molecule has 2 aromatic rings. The van der Waals surface area contributed by atoms with Crippen LogP contribution in [0, 0.1) is 25.7 Å². The van der Waals surface area contributed by atoms with E-state index in [-0.39, 0.29) is 5.91 Å². The van der Waals surface area contributed by atoms with E-state index >= 15 is 0 Å². The maximum atomic E-state index is 13.2. The molecule has 0 spiro atoms. The molecule has 5 nitrogen and oxygen atoms in total. The van der Waals surface area contributed by atoms with Crippen molar-refractivity contribution in [1.82, 2.24) is 10.2 Å². The highest BCUT2D eigenvalue weighted by molar-refractivity contribution is 6.03. The molecule has 166 valence electrons. The van der Waals surface area contributed by atoms with Crippen molar-refractivity contribution in [2.75, 3.05) is 5.32 Å². The van der Waals surface area contributed by atoms with E-state index in [0.717, 1.165) is 28.2 Å². The van der Waals surface area contributed by atoms with Crippen LogP contribution in [0.5, 0.6) is 0 Å². The van der Waals surface area contributed by atoms with E-state index in [1.54, 1.807) is 0 Å². The lowest BCUT2D eigenvalue weighted by molar-refractivity contribution is -0.113. The van der Waals surface area contributed by atoms with Crippen LogP contribution in [-0.2, 0) is 4.79 Å². The Morgan fingerprint density at radius 1 is 0.935 bits per heavy atom. The molecule has 4 rings (SSSR count). The van der Waals surface area contributed by atoms with E-state index in [2.05, 4.69) is 15.5 Å². The van der Waals surface area contributed by atoms with Crippen LogP contribution in [0.1, 0.15) is 75.6 Å². The molecule has 2 saturated carbocycles. The molecule has 0 atom stereocenters. The van der Waals surface area contributed by atoms with Gasteiger partial charge in [0.2, 0.25) is 0 Å². The second-order valence-electron chi connectivity index (χ2n) is 9.38. The number of amides is 1. The fourth-order valence-electron chi connectivity index (χ4n) is 5.63. The van der Waals surface area contributed by atoms with Gasteiger partial charge in [-0.25, -0.2) is 0 Å². The number of hydrogen-bond acceptors (Lipinski definition) is 3. The van der Waals surface area contributed by atoms with Crippen molar-refractivity contribution in [3.8, 4) is 11.1 Å². The Bertz CT molecular complexity index is 889. The Morgan fingerprint density at radius 3 is 1.97 bits per heavy atom. The standard InChI is InChI=1S/C26H36N4O/c1-17-23(18(2)30-29-17)21-13-15-22(16-14-21)28-26(31)25(27)24(19-9-5-3-6-10-19)20-11-7-4-8-12-20/h13-16,19-20H,3-12,27H2,1-2H3,(H,28,31)(H,29,30). The topological polar surface area (TPSA) is 83.8 Å². The number of aromatic nitrogens is 2. The minimum absolute atomic E-state index is 0.144. The molecule has 1 heterocycles. The Morgan fingerprint density at radius 2 is 1.48 bits per heavy atom. The number of aromatic amines is 1. The van der Waals surface area contributed by atoms with E-state index in [9.17, 15) is 4.79 Å². The first-order valence-corrected chi connectivity index (χ1v) is 12.0. The largest absolute Gasteiger partial charge is 0.394 e. The quantitative estimate of drug-likeness (QED) is 0.518. The number of hydrogen-bond donors (Lipinski definition) is 3. The zero-order chi connectivity index (χ0) is 21.8. The van der Waals surface area contributed by atoms with Gasteiger partial charge in [-0.2, -0.15) is 5.10 Å². The molecule has 1 amide bonds. The molecule has 0 saturated heterocycles. The van der Waals surface area contributed by atoms with Crippen LogP contribution in [0.4, 0.5) is 5.69 Å². The van der Waals surface area contributed by atoms with Crippen LogP contribution in [0.2, 0.25) is 0 Å². The minimum Gasteiger partial charge on any atom is -0.394 e. The number of H-pyrrole nitrogens is 1. The van der Waals surface area contributed by atoms with Crippen molar-refractivity contribution in [1.29, 1.82) is 0 Å². The number of carbonyl (C=O) groups is 1. The third kappa shape index (κ3) is 4.86. The van der Waals surface area contributed by atoms with Gasteiger partial charge in [0.1, 0.15) is 0 Å². The van der Waals surface area contributed by atoms with Gasteiger partial charge >= 0.3 is 0 Å². The molecule has 2 aliphatic carbocycles. The third-order valence-electron chi connectivity index (χ3n) is 7.21. The van der Waals surface area contributed by atoms with Crippen molar-refractivity contribution in [2.24, 2.45) is 17.6 Å². The molecule has 0 bridgehead atoms. The van der Waals surface area contributed by atoms with Gasteiger partial charge in [0.05, 0.1) is 11.4 Å². The summed E-state index contributed by atoms with van der Waals surface area (Å²) < 4.78 is 0. The Hall–Kier alpha value is -2.56. The maximum absolute atomic E-state index is 13.2. The predicted octanol–water partition coefficient (Wildman–Crippen LogP) is 6.01. The van der Waals surface area contributed by atoms with Crippen LogP contribution in [0.25, 0.3) is 11.1 Å². The number of nitrogens with one attached hydrogen (secondary N) is 2. The molecule has 31 heavy (non-hydrogen) atoms. The molecule has 5 heteroatoms. The maximum Gasteiger partial charge on any atom is 0.271 e. The van der Waals surface area contributed by atoms with Crippen LogP contribution in [0.3, 0.4) is 0 Å². The second kappa shape index (κ2) is 9.71. The number of anilines is 1. The SMILES string of the molecule is Cc1n[nH]c(C)c1-c1ccc(NC(=O)C(N)=C(C2CCCCC2)C2CCCCC2)cc1. The summed E-state index contributed by atoms with van der Waals surface area (Å²) in [5, 5.41) is 10.4. The minimum atomic E-state index is -0.144. The number of nitrogens with two attached hydrogens (primary N) is 1. The van der Waals surface area contributed by atoms with Crippen molar-refractivity contribution in [3.05, 3.63) is 46.9 Å². The Kier molecular flexibility index (Phi) is 6.79. The lowest BCUT2D eigenvalue weighted by Crippen LogP contribution is -2.29. The molecule has 2 fully saturated rings. The summed E-state index contributed by atoms with van der Waals surface area (Å²) in [6.45, 7) is 4.02. The number of nitrogens with zero attached hydrogens (tertiary/aromatic N) is 1. The van der Waals surface area contributed by atoms with Crippen molar-refractivity contribution in [3.63, 3.8) is 0 Å². The van der Waals surface area contributed by atoms with Gasteiger partial charge < -0.3 is 11.1 Å². The van der Waals surface area contributed by atoms with Gasteiger partial charge in [-0.1, -0.05) is 50.7 Å². The molecule has 4 N–H and O–H groups in total. The average Bonchev–Trinajstić information content (AvgIpc) is 3.14. The zero-order valence-electron chi connectivity index (χ0n) is 19.0. The van der Waals surface area contributed by atoms with Crippen LogP contribution in [0.15, 0.2) is 35.5 Å². The Labute approximate surface area is 185 Å². The normalized spacial score (nSPS) is 18.0. The van der Waals surface area contributed by atoms with Crippen LogP contribution in [-0.4, -0.2) is 16.1 Å². The first-order valence-electron chi connectivity index (χ1n) is 12.0. The lowest BCUT2D eigenvalue weighted by atomic mass is 9.73. The fourth-order valence-corrected chi connectivity index (χ4v) is 5.63. The zero-order valence-corrected chi connectivity index (χ0v) is 19.0. The highest BCUT2D eigenvalue weighted by Crippen LogP contribution is 2.40. The molecule has 1 aromatic carbocycles. The van der Waals surface area contributed by atoms with Crippen molar-refractivity contribution >= 4 is 11.6 Å². The highest BCUT2D eigenvalue weighted by atomic mass is 16.2. The van der Waals surface area contributed by atoms with Gasteiger partial charge in [0.25, 0.3) is 5.91 Å². The van der Waals surface area contributed by atoms with Crippen LogP contribution < -0.4 is 11.1 Å². The van der Waals surface area contributed by atoms with E-state index < -0.39 is 0 Å². The lowest BCUT2D eigenvalue weighted by Gasteiger charge is -2.33. The van der Waals surface area contributed by atoms with E-state index in [1.165, 1.54) is 69.8 Å². The summed E-state index contributed by atoms with van der Waals surface area (Å²) in [6, 6.07) is 7.97. The smallest absolute Gasteiger partial charge is 0.271 e. The monoisotopic (exact) mass is 420 g/mol. The molecule has 0 aliphatic heterocycles. The predicted molar refractivity (Wildman–Crippen MR) is 126 cm³/mol. The summed E-state index contributed by atoms with van der Waals surface area (Å²) in [7, 11) is 0. The number of rotatable bonds is 5. The molecule has 2 aliphatic rings. The summed E-state index contributed by atoms with van der Waals surface area (Å²) >= 11 is 0. The first kappa shape index (κ1) is 21.7. The summed E-state index contributed by atoms with van der Waals surface area (Å²) in [5.41, 5.74) is 13.3. The van der Waals surface area contributed by atoms with Gasteiger partial charge in [0.15, 0.2) is 0 Å². The molecular weight excluding hydrogens is 384 g/mol. The number of benzene rings is 1. The van der Waals surface area contributed by atoms with Gasteiger partial charge in [0, 0.05) is 16.9 Å². The summed E-state index contributed by atoms with van der Waals surface area (Å²) in [4.78, 5) is 13.2. The molecule has 1 aromatic heterocycles. The number of carbonyl (C=O) groups excluding carboxylic acids is 1. The van der Waals surface area contributed by atoms with E-state index in [4.69, 9.17) is 5.73 Å². The second-order valence-corrected chi connectivity index (χ2v) is 9.38. The third-order valence-corrected chi connectivity index (χ3v) is 7.21. The van der Waals surface area contributed by atoms with Crippen LogP contribution >= 0.6 is 0 Å². The Balaban J connectivity index is 1.54. The number of allylic oxidation sites excluding steroid dienone is 1. The van der Waals surface area contributed by atoms with Crippen molar-refractivity contribution < 1.29 is 4.79 Å². The van der Waals surface area contributed by atoms with Gasteiger partial charge in [-0.05, 0) is 74.6 Å². The highest BCUT2D eigenvalue weighted by Gasteiger charge is 2.30. The molecular formula is C26H36N4O. The van der Waals surface area contributed by atoms with Gasteiger partial charge in [-0.3, -0.25) is 9.89 Å². The van der Waals surface area contributed by atoms with E-state index in [1.807, 2.05) is 38.1 Å². The fraction of sp³-hybridized carbons (Fsp3) is 0.538. The van der Waals surface area contributed by atoms with Gasteiger partial charge in [-0.15, -0.1) is 0 Å². The number of aryl methyl sites for hydroxylation is 2. The average molecular weight is 421 g/mol. The summed E-state index contributed by atoms with van der Waals surface area (Å²) in [5.74, 6) is 0.823. The van der Waals surface area contributed by atoms with E-state index in [0.29, 0.717) is 17.5 Å². The molecule has 0 unspecified atom stereocenters. The molecule has 0 radical (unpaired) electrons. The first-order chi connectivity index (χ1) is 15.0.